The highest BCUT2D eigenvalue weighted by molar-refractivity contribution is 5.95. The third kappa shape index (κ3) is 1.67. The molecule has 0 spiro atoms. The van der Waals surface area contributed by atoms with Crippen molar-refractivity contribution in [2.24, 2.45) is 11.3 Å². The third-order valence-electron chi connectivity index (χ3n) is 5.25. The van der Waals surface area contributed by atoms with Crippen molar-refractivity contribution < 1.29 is 14.7 Å². The molecule has 112 valence electrons. The predicted octanol–water partition coefficient (Wildman–Crippen LogP) is -0.355. The minimum atomic E-state index is -0.824. The summed E-state index contributed by atoms with van der Waals surface area (Å²) in [5.41, 5.74) is 1.76. The van der Waals surface area contributed by atoms with Crippen LogP contribution in [-0.4, -0.2) is 58.3 Å². The van der Waals surface area contributed by atoms with Gasteiger partial charge in [0.15, 0.2) is 5.69 Å². The number of H-pyrrole nitrogens is 1. The van der Waals surface area contributed by atoms with Crippen molar-refractivity contribution in [1.29, 1.82) is 0 Å². The Kier molecular flexibility index (Phi) is 2.63. The highest BCUT2D eigenvalue weighted by Crippen LogP contribution is 2.40. The van der Waals surface area contributed by atoms with E-state index in [1.165, 1.54) is 0 Å². The number of fused-ring (bicyclic) bond motifs is 2. The second-order valence-electron chi connectivity index (χ2n) is 6.36. The van der Waals surface area contributed by atoms with Gasteiger partial charge in [-0.25, -0.2) is 0 Å². The molecular formula is C14H18N4O3. The van der Waals surface area contributed by atoms with Crippen LogP contribution in [0.4, 0.5) is 0 Å². The van der Waals surface area contributed by atoms with Crippen LogP contribution in [-0.2, 0) is 17.6 Å². The first kappa shape index (κ1) is 12.8. The van der Waals surface area contributed by atoms with E-state index in [9.17, 15) is 14.7 Å². The molecule has 3 N–H and O–H groups in total. The minimum absolute atomic E-state index is 0.00839. The van der Waals surface area contributed by atoms with E-state index in [1.54, 1.807) is 4.90 Å². The van der Waals surface area contributed by atoms with Crippen molar-refractivity contribution in [3.8, 4) is 0 Å². The van der Waals surface area contributed by atoms with Gasteiger partial charge in [0.1, 0.15) is 5.41 Å². The molecule has 2 fully saturated rings. The second kappa shape index (κ2) is 4.30. The summed E-state index contributed by atoms with van der Waals surface area (Å²) in [5.74, 6) is -0.935. The van der Waals surface area contributed by atoms with Crippen LogP contribution in [0, 0.1) is 11.3 Å². The van der Waals surface area contributed by atoms with Crippen LogP contribution < -0.4 is 5.32 Å². The lowest BCUT2D eigenvalue weighted by Gasteiger charge is -2.22. The first-order chi connectivity index (χ1) is 10.1. The first-order valence-corrected chi connectivity index (χ1v) is 7.41. The summed E-state index contributed by atoms with van der Waals surface area (Å²) in [5, 5.41) is 19.8. The zero-order chi connectivity index (χ0) is 14.6. The molecule has 0 saturated carbocycles. The van der Waals surface area contributed by atoms with E-state index in [2.05, 4.69) is 15.5 Å². The number of carbonyl (C=O) groups is 2. The van der Waals surface area contributed by atoms with Crippen LogP contribution in [0.25, 0.3) is 0 Å². The maximum Gasteiger partial charge on any atom is 0.313 e. The number of amides is 1. The van der Waals surface area contributed by atoms with Gasteiger partial charge in [0.2, 0.25) is 0 Å². The van der Waals surface area contributed by atoms with Gasteiger partial charge in [0.25, 0.3) is 5.91 Å². The fraction of sp³-hybridized carbons (Fsp3) is 0.643. The van der Waals surface area contributed by atoms with E-state index in [0.717, 1.165) is 30.5 Å². The monoisotopic (exact) mass is 290 g/mol. The Hall–Kier alpha value is -1.89. The highest BCUT2D eigenvalue weighted by atomic mass is 16.4. The normalized spacial score (nSPS) is 30.5. The van der Waals surface area contributed by atoms with Crippen molar-refractivity contribution in [3.63, 3.8) is 0 Å². The smallest absolute Gasteiger partial charge is 0.313 e. The van der Waals surface area contributed by atoms with Crippen LogP contribution in [0.1, 0.15) is 28.2 Å². The van der Waals surface area contributed by atoms with Crippen molar-refractivity contribution >= 4 is 11.9 Å². The van der Waals surface area contributed by atoms with Crippen LogP contribution in [0.3, 0.4) is 0 Å². The van der Waals surface area contributed by atoms with E-state index < -0.39 is 11.4 Å². The number of aromatic nitrogens is 2. The van der Waals surface area contributed by atoms with Crippen LogP contribution >= 0.6 is 0 Å². The van der Waals surface area contributed by atoms with E-state index in [1.807, 2.05) is 0 Å². The molecule has 4 rings (SSSR count). The fourth-order valence-corrected chi connectivity index (χ4v) is 4.02. The molecular weight excluding hydrogens is 272 g/mol. The zero-order valence-corrected chi connectivity index (χ0v) is 11.7. The Morgan fingerprint density at radius 1 is 1.38 bits per heavy atom. The molecule has 0 aromatic carbocycles. The third-order valence-corrected chi connectivity index (χ3v) is 5.25. The van der Waals surface area contributed by atoms with E-state index in [-0.39, 0.29) is 18.4 Å². The summed E-state index contributed by atoms with van der Waals surface area (Å²) in [4.78, 5) is 26.0. The molecule has 0 bridgehead atoms. The number of nitrogens with zero attached hydrogens (tertiary/aromatic N) is 2. The lowest BCUT2D eigenvalue weighted by Crippen LogP contribution is -2.41. The molecule has 1 aliphatic carbocycles. The Morgan fingerprint density at radius 3 is 3.00 bits per heavy atom. The van der Waals surface area contributed by atoms with E-state index in [4.69, 9.17) is 0 Å². The van der Waals surface area contributed by atoms with Gasteiger partial charge >= 0.3 is 5.97 Å². The lowest BCUT2D eigenvalue weighted by molar-refractivity contribution is -0.148. The molecule has 1 aromatic rings. The number of rotatable bonds is 2. The van der Waals surface area contributed by atoms with Crippen molar-refractivity contribution in [3.05, 3.63) is 17.0 Å². The number of likely N-dealkylation sites (tertiary alicyclic amines) is 1. The van der Waals surface area contributed by atoms with Crippen LogP contribution in [0.2, 0.25) is 0 Å². The molecule has 2 atom stereocenters. The minimum Gasteiger partial charge on any atom is -0.481 e. The van der Waals surface area contributed by atoms with Gasteiger partial charge in [-0.2, -0.15) is 5.10 Å². The van der Waals surface area contributed by atoms with Gasteiger partial charge < -0.3 is 15.3 Å². The summed E-state index contributed by atoms with van der Waals surface area (Å²) in [7, 11) is 0. The van der Waals surface area contributed by atoms with Gasteiger partial charge in [-0.1, -0.05) is 0 Å². The van der Waals surface area contributed by atoms with Crippen molar-refractivity contribution in [1.82, 2.24) is 20.4 Å². The summed E-state index contributed by atoms with van der Waals surface area (Å²) < 4.78 is 0. The van der Waals surface area contributed by atoms with Crippen molar-refractivity contribution in [2.45, 2.75) is 19.3 Å². The molecule has 3 heterocycles. The maximum absolute atomic E-state index is 12.7. The largest absolute Gasteiger partial charge is 0.481 e. The molecule has 7 nitrogen and oxygen atoms in total. The highest BCUT2D eigenvalue weighted by Gasteiger charge is 2.56. The summed E-state index contributed by atoms with van der Waals surface area (Å²) in [6.07, 6.45) is 2.88. The fourth-order valence-electron chi connectivity index (χ4n) is 4.02. The molecule has 7 heteroatoms. The number of carboxylic acids is 1. The van der Waals surface area contributed by atoms with Gasteiger partial charge in [-0.15, -0.1) is 0 Å². The summed E-state index contributed by atoms with van der Waals surface area (Å²) in [6, 6.07) is 0. The quantitative estimate of drug-likeness (QED) is 0.691. The Bertz CT molecular complexity index is 626. The molecule has 2 aliphatic heterocycles. The number of aromatic amines is 1. The Morgan fingerprint density at radius 2 is 2.24 bits per heavy atom. The number of carboxylic acid groups (broad SMARTS) is 1. The molecule has 0 radical (unpaired) electrons. The van der Waals surface area contributed by atoms with Gasteiger partial charge in [-0.05, 0) is 19.3 Å². The van der Waals surface area contributed by atoms with E-state index >= 15 is 0 Å². The molecule has 1 amide bonds. The molecule has 2 saturated heterocycles. The molecule has 0 unspecified atom stereocenters. The van der Waals surface area contributed by atoms with Crippen LogP contribution in [0.15, 0.2) is 0 Å². The zero-order valence-electron chi connectivity index (χ0n) is 11.7. The number of hydrogen-bond donors (Lipinski definition) is 3. The summed E-state index contributed by atoms with van der Waals surface area (Å²) >= 11 is 0. The van der Waals surface area contributed by atoms with Crippen molar-refractivity contribution in [2.75, 3.05) is 26.2 Å². The standard InChI is InChI=1S/C14H18N4O3/c19-12(11-9-2-1-3-10(9)16-17-11)18-5-8-4-15-6-14(8,7-18)13(20)21/h8,15H,1-7H2,(H,16,17)(H,20,21)/t8-,14-/m1/s1. The Balaban J connectivity index is 1.61. The molecule has 3 aliphatic rings. The number of aliphatic carboxylic acids is 1. The average Bonchev–Trinajstić information content (AvgIpc) is 3.16. The number of carbonyl (C=O) groups excluding carboxylic acids is 1. The second-order valence-corrected chi connectivity index (χ2v) is 6.36. The number of aryl methyl sites for hydroxylation is 1. The SMILES string of the molecule is O=C(c1n[nH]c2c1CCC2)N1C[C@H]2CNC[C@@]2(C(=O)O)C1. The Labute approximate surface area is 121 Å². The first-order valence-electron chi connectivity index (χ1n) is 7.41. The average molecular weight is 290 g/mol. The van der Waals surface area contributed by atoms with E-state index in [0.29, 0.717) is 25.3 Å². The molecule has 21 heavy (non-hydrogen) atoms. The lowest BCUT2D eigenvalue weighted by atomic mass is 9.81. The number of hydrogen-bond acceptors (Lipinski definition) is 4. The maximum atomic E-state index is 12.7. The summed E-state index contributed by atoms with van der Waals surface area (Å²) in [6.45, 7) is 1.88. The molecule has 1 aromatic heterocycles. The van der Waals surface area contributed by atoms with Gasteiger partial charge in [-0.3, -0.25) is 14.7 Å². The van der Waals surface area contributed by atoms with Crippen LogP contribution in [0.5, 0.6) is 0 Å². The van der Waals surface area contributed by atoms with Gasteiger partial charge in [0.05, 0.1) is 0 Å². The van der Waals surface area contributed by atoms with Gasteiger partial charge in [0, 0.05) is 43.4 Å². The topological polar surface area (TPSA) is 98.3 Å². The number of nitrogens with one attached hydrogen (secondary N) is 2. The predicted molar refractivity (Wildman–Crippen MR) is 72.9 cm³/mol.